The molecule has 0 aliphatic rings. The van der Waals surface area contributed by atoms with E-state index in [2.05, 4.69) is 36.8 Å². The number of aromatic amines is 1. The lowest BCUT2D eigenvalue weighted by Gasteiger charge is -2.29. The van der Waals surface area contributed by atoms with Crippen LogP contribution in [-0.2, 0) is 9.47 Å². The maximum atomic E-state index is 12.1. The molecule has 0 bridgehead atoms. The number of nitrogens with one attached hydrogen (secondary N) is 1. The fourth-order valence-electron chi connectivity index (χ4n) is 1.27. The summed E-state index contributed by atoms with van der Waals surface area (Å²) in [6.07, 6.45) is 0. The van der Waals surface area contributed by atoms with Crippen molar-refractivity contribution < 1.29 is 14.3 Å². The Morgan fingerprint density at radius 3 is 2.26 bits per heavy atom. The van der Waals surface area contributed by atoms with E-state index in [1.54, 1.807) is 6.07 Å². The van der Waals surface area contributed by atoms with Gasteiger partial charge in [-0.25, -0.2) is 4.79 Å². The number of halogens is 2. The van der Waals surface area contributed by atoms with E-state index in [9.17, 15) is 4.79 Å². The zero-order chi connectivity index (χ0) is 14.8. The van der Waals surface area contributed by atoms with Gasteiger partial charge in [0.15, 0.2) is 0 Å². The predicted octanol–water partition coefficient (Wildman–Crippen LogP) is 4.29. The summed E-state index contributed by atoms with van der Waals surface area (Å²) in [6, 6.07) is 1.67. The monoisotopic (exact) mass is 395 g/mol. The van der Waals surface area contributed by atoms with Crippen LogP contribution in [0.25, 0.3) is 0 Å². The first-order valence-corrected chi connectivity index (χ1v) is 7.50. The largest absolute Gasteiger partial charge is 0.454 e. The number of hydrogen-bond acceptors (Lipinski definition) is 3. The Labute approximate surface area is 130 Å². The minimum absolute atomic E-state index is 0.263. The van der Waals surface area contributed by atoms with Crippen molar-refractivity contribution in [2.75, 3.05) is 6.61 Å². The molecular weight excluding hydrogens is 378 g/mol. The van der Waals surface area contributed by atoms with Crippen LogP contribution < -0.4 is 0 Å². The van der Waals surface area contributed by atoms with Gasteiger partial charge in [0.05, 0.1) is 27.0 Å². The van der Waals surface area contributed by atoms with E-state index < -0.39 is 11.6 Å². The van der Waals surface area contributed by atoms with Gasteiger partial charge in [0.1, 0.15) is 5.60 Å². The SMILES string of the molecule is CC(C)(C)OCC(C)(C)OC(=O)c1cc(Br)[nH]c1Br. The predicted molar refractivity (Wildman–Crippen MR) is 81.4 cm³/mol. The highest BCUT2D eigenvalue weighted by Crippen LogP contribution is 2.24. The number of hydrogen-bond donors (Lipinski definition) is 1. The molecule has 19 heavy (non-hydrogen) atoms. The Hall–Kier alpha value is -0.330. The molecule has 0 fully saturated rings. The molecule has 0 aliphatic heterocycles. The highest BCUT2D eigenvalue weighted by Gasteiger charge is 2.28. The molecule has 1 aromatic heterocycles. The number of H-pyrrole nitrogens is 1. The van der Waals surface area contributed by atoms with Gasteiger partial charge in [0.25, 0.3) is 0 Å². The zero-order valence-corrected chi connectivity index (χ0v) is 14.9. The lowest BCUT2D eigenvalue weighted by molar-refractivity contribution is -0.0917. The van der Waals surface area contributed by atoms with E-state index in [0.717, 1.165) is 4.60 Å². The molecule has 0 unspecified atom stereocenters. The smallest absolute Gasteiger partial charge is 0.341 e. The van der Waals surface area contributed by atoms with Crippen molar-refractivity contribution in [2.24, 2.45) is 0 Å². The topological polar surface area (TPSA) is 51.3 Å². The molecule has 0 spiro atoms. The summed E-state index contributed by atoms with van der Waals surface area (Å²) in [5, 5.41) is 0. The Kier molecular flexibility index (Phi) is 5.26. The lowest BCUT2D eigenvalue weighted by Crippen LogP contribution is -2.37. The van der Waals surface area contributed by atoms with E-state index in [0.29, 0.717) is 16.8 Å². The van der Waals surface area contributed by atoms with Gasteiger partial charge in [-0.1, -0.05) is 0 Å². The van der Waals surface area contributed by atoms with Crippen LogP contribution >= 0.6 is 31.9 Å². The van der Waals surface area contributed by atoms with Crippen molar-refractivity contribution in [3.63, 3.8) is 0 Å². The van der Waals surface area contributed by atoms with E-state index in [1.807, 2.05) is 34.6 Å². The van der Waals surface area contributed by atoms with Gasteiger partial charge in [-0.3, -0.25) is 0 Å². The molecule has 0 radical (unpaired) electrons. The molecule has 6 heteroatoms. The summed E-state index contributed by atoms with van der Waals surface area (Å²) in [5.41, 5.74) is -0.495. The molecule has 0 aromatic carbocycles. The quantitative estimate of drug-likeness (QED) is 0.772. The van der Waals surface area contributed by atoms with Gasteiger partial charge in [0, 0.05) is 0 Å². The molecule has 4 nitrogen and oxygen atoms in total. The van der Waals surface area contributed by atoms with Crippen LogP contribution in [0.2, 0.25) is 0 Å². The second kappa shape index (κ2) is 5.97. The molecular formula is C13H19Br2NO3. The van der Waals surface area contributed by atoms with Crippen molar-refractivity contribution in [2.45, 2.75) is 45.8 Å². The number of aromatic nitrogens is 1. The maximum absolute atomic E-state index is 12.1. The van der Waals surface area contributed by atoms with Crippen LogP contribution in [0.4, 0.5) is 0 Å². The normalized spacial score (nSPS) is 12.6. The standard InChI is InChI=1S/C13H19Br2NO3/c1-12(2,3)18-7-13(4,5)19-11(17)8-6-9(14)16-10(8)15/h6,16H,7H2,1-5H3. The van der Waals surface area contributed by atoms with Gasteiger partial charge >= 0.3 is 5.97 Å². The number of ether oxygens (including phenoxy) is 2. The van der Waals surface area contributed by atoms with E-state index in [1.165, 1.54) is 0 Å². The summed E-state index contributed by atoms with van der Waals surface area (Å²) in [5.74, 6) is -0.392. The molecule has 0 amide bonds. The Morgan fingerprint density at radius 1 is 1.26 bits per heavy atom. The molecule has 1 aromatic rings. The van der Waals surface area contributed by atoms with Gasteiger partial charge in [-0.05, 0) is 72.5 Å². The third-order valence-electron chi connectivity index (χ3n) is 2.18. The molecule has 0 aliphatic carbocycles. The number of rotatable bonds is 4. The van der Waals surface area contributed by atoms with Gasteiger partial charge in [-0.15, -0.1) is 0 Å². The Morgan fingerprint density at radius 2 is 1.84 bits per heavy atom. The first-order valence-electron chi connectivity index (χ1n) is 5.91. The van der Waals surface area contributed by atoms with Gasteiger partial charge in [0.2, 0.25) is 0 Å². The highest BCUT2D eigenvalue weighted by atomic mass is 79.9. The fraction of sp³-hybridized carbons (Fsp3) is 0.615. The van der Waals surface area contributed by atoms with Crippen molar-refractivity contribution in [1.29, 1.82) is 0 Å². The lowest BCUT2D eigenvalue weighted by atomic mass is 10.1. The average molecular weight is 397 g/mol. The van der Waals surface area contributed by atoms with Crippen LogP contribution in [0.15, 0.2) is 15.3 Å². The Bertz CT molecular complexity index is 461. The molecule has 108 valence electrons. The molecule has 1 N–H and O–H groups in total. The third kappa shape index (κ3) is 5.67. The van der Waals surface area contributed by atoms with Gasteiger partial charge in [-0.2, -0.15) is 0 Å². The molecule has 1 heterocycles. The molecule has 0 saturated heterocycles. The number of carbonyl (C=O) groups is 1. The number of carbonyl (C=O) groups excluding carboxylic acids is 1. The van der Waals surface area contributed by atoms with Crippen molar-refractivity contribution >= 4 is 37.8 Å². The third-order valence-corrected chi connectivity index (χ3v) is 3.23. The minimum Gasteiger partial charge on any atom is -0.454 e. The average Bonchev–Trinajstić information content (AvgIpc) is 2.54. The summed E-state index contributed by atoms with van der Waals surface area (Å²) in [7, 11) is 0. The zero-order valence-electron chi connectivity index (χ0n) is 11.8. The second-order valence-corrected chi connectivity index (χ2v) is 7.54. The van der Waals surface area contributed by atoms with Crippen LogP contribution in [0.5, 0.6) is 0 Å². The first-order chi connectivity index (χ1) is 8.50. The molecule has 1 rings (SSSR count). The maximum Gasteiger partial charge on any atom is 0.341 e. The summed E-state index contributed by atoms with van der Waals surface area (Å²) in [4.78, 5) is 15.0. The van der Waals surface area contributed by atoms with Gasteiger partial charge < -0.3 is 14.5 Å². The van der Waals surface area contributed by atoms with E-state index >= 15 is 0 Å². The summed E-state index contributed by atoms with van der Waals surface area (Å²) < 4.78 is 12.5. The number of esters is 1. The van der Waals surface area contributed by atoms with E-state index in [4.69, 9.17) is 9.47 Å². The van der Waals surface area contributed by atoms with Crippen molar-refractivity contribution in [1.82, 2.24) is 4.98 Å². The van der Waals surface area contributed by atoms with Crippen molar-refractivity contribution in [3.05, 3.63) is 20.8 Å². The summed E-state index contributed by atoms with van der Waals surface area (Å²) in [6.45, 7) is 9.88. The van der Waals surface area contributed by atoms with Crippen molar-refractivity contribution in [3.8, 4) is 0 Å². The fourth-order valence-corrected chi connectivity index (χ4v) is 2.46. The first kappa shape index (κ1) is 16.7. The van der Waals surface area contributed by atoms with Crippen LogP contribution in [0.3, 0.4) is 0 Å². The highest BCUT2D eigenvalue weighted by molar-refractivity contribution is 9.11. The summed E-state index contributed by atoms with van der Waals surface area (Å²) >= 11 is 6.55. The minimum atomic E-state index is -0.687. The van der Waals surface area contributed by atoms with Crippen LogP contribution in [-0.4, -0.2) is 28.8 Å². The van der Waals surface area contributed by atoms with Crippen LogP contribution in [0, 0.1) is 0 Å². The molecule has 0 atom stereocenters. The van der Waals surface area contributed by atoms with E-state index in [-0.39, 0.29) is 5.60 Å². The second-order valence-electron chi connectivity index (χ2n) is 5.90. The van der Waals surface area contributed by atoms with Crippen LogP contribution in [0.1, 0.15) is 45.0 Å². The Balaban J connectivity index is 2.67. The molecule has 0 saturated carbocycles.